The molecular weight excluding hydrogens is 280 g/mol. The zero-order valence-corrected chi connectivity index (χ0v) is 13.6. The fourth-order valence-electron chi connectivity index (χ4n) is 1.84. The number of aryl methyl sites for hydroxylation is 1. The quantitative estimate of drug-likeness (QED) is 0.653. The minimum absolute atomic E-state index is 0.415. The number of hydrogen-bond donors (Lipinski definition) is 2. The normalized spacial score (nSPS) is 11.9. The van der Waals surface area contributed by atoms with Gasteiger partial charge in [-0.1, -0.05) is 32.9 Å². The highest BCUT2D eigenvalue weighted by Crippen LogP contribution is 2.19. The Morgan fingerprint density at radius 2 is 2.05 bits per heavy atom. The van der Waals surface area contributed by atoms with Crippen LogP contribution in [-0.4, -0.2) is 10.9 Å². The predicted molar refractivity (Wildman–Crippen MR) is 91.0 cm³/mol. The zero-order valence-electron chi connectivity index (χ0n) is 12.8. The van der Waals surface area contributed by atoms with E-state index in [4.69, 9.17) is 5.73 Å². The molecule has 4 nitrogen and oxygen atoms in total. The monoisotopic (exact) mass is 302 g/mol. The van der Waals surface area contributed by atoms with Crippen molar-refractivity contribution in [3.8, 4) is 0 Å². The van der Waals surface area contributed by atoms with Crippen molar-refractivity contribution in [1.29, 1.82) is 0 Å². The summed E-state index contributed by atoms with van der Waals surface area (Å²) in [6.07, 6.45) is 1.03. The average Bonchev–Trinajstić information content (AvgIpc) is 2.95. The number of nitrogens with two attached hydrogens (primary N) is 1. The van der Waals surface area contributed by atoms with Crippen molar-refractivity contribution in [3.05, 3.63) is 45.9 Å². The number of anilines is 1. The maximum Gasteiger partial charge on any atom is 0.193 e. The lowest BCUT2D eigenvalue weighted by atomic mass is 10.1. The smallest absolute Gasteiger partial charge is 0.193 e. The molecule has 0 aliphatic heterocycles. The summed E-state index contributed by atoms with van der Waals surface area (Å²) in [5.41, 5.74) is 9.13. The lowest BCUT2D eigenvalue weighted by molar-refractivity contribution is 0.837. The van der Waals surface area contributed by atoms with Gasteiger partial charge in [-0.2, -0.15) is 0 Å². The summed E-state index contributed by atoms with van der Waals surface area (Å²) < 4.78 is 0. The van der Waals surface area contributed by atoms with Crippen LogP contribution in [0.25, 0.3) is 0 Å². The molecular formula is C16H22N4S. The molecule has 0 amide bonds. The number of benzene rings is 1. The van der Waals surface area contributed by atoms with Crippen molar-refractivity contribution < 1.29 is 0 Å². The van der Waals surface area contributed by atoms with E-state index < -0.39 is 0 Å². The van der Waals surface area contributed by atoms with Crippen LogP contribution in [0.15, 0.2) is 34.6 Å². The van der Waals surface area contributed by atoms with Gasteiger partial charge in [-0.25, -0.2) is 9.98 Å². The maximum atomic E-state index is 5.91. The third-order valence-electron chi connectivity index (χ3n) is 3.11. The van der Waals surface area contributed by atoms with Gasteiger partial charge in [-0.3, -0.25) is 0 Å². The molecule has 0 saturated heterocycles. The van der Waals surface area contributed by atoms with Gasteiger partial charge < -0.3 is 11.1 Å². The maximum absolute atomic E-state index is 5.91. The first kappa shape index (κ1) is 15.5. The predicted octanol–water partition coefficient (Wildman–Crippen LogP) is 3.76. The summed E-state index contributed by atoms with van der Waals surface area (Å²) in [6.45, 7) is 6.93. The summed E-state index contributed by atoms with van der Waals surface area (Å²) >= 11 is 1.68. The highest BCUT2D eigenvalue weighted by molar-refractivity contribution is 7.09. The van der Waals surface area contributed by atoms with Crippen molar-refractivity contribution in [1.82, 2.24) is 4.98 Å². The zero-order chi connectivity index (χ0) is 15.2. The van der Waals surface area contributed by atoms with Crippen LogP contribution < -0.4 is 11.1 Å². The van der Waals surface area contributed by atoms with E-state index in [1.807, 2.05) is 17.5 Å². The molecule has 3 N–H and O–H groups in total. The van der Waals surface area contributed by atoms with E-state index in [9.17, 15) is 0 Å². The molecule has 0 atom stereocenters. The Balaban J connectivity index is 1.93. The largest absolute Gasteiger partial charge is 0.370 e. The topological polar surface area (TPSA) is 63.3 Å². The minimum Gasteiger partial charge on any atom is -0.370 e. The van der Waals surface area contributed by atoms with Gasteiger partial charge >= 0.3 is 0 Å². The Labute approximate surface area is 130 Å². The molecule has 0 aliphatic rings. The lowest BCUT2D eigenvalue weighted by Gasteiger charge is -2.06. The summed E-state index contributed by atoms with van der Waals surface area (Å²) in [7, 11) is 0. The minimum atomic E-state index is 0.415. The van der Waals surface area contributed by atoms with Crippen LogP contribution in [0.3, 0.4) is 0 Å². The van der Waals surface area contributed by atoms with Crippen LogP contribution in [0.5, 0.6) is 0 Å². The molecule has 1 heterocycles. The molecule has 2 aromatic rings. The number of thiazole rings is 1. The Morgan fingerprint density at radius 1 is 1.33 bits per heavy atom. The van der Waals surface area contributed by atoms with E-state index in [0.29, 0.717) is 18.4 Å². The van der Waals surface area contributed by atoms with Gasteiger partial charge in [0, 0.05) is 17.0 Å². The van der Waals surface area contributed by atoms with Crippen LogP contribution in [0.2, 0.25) is 0 Å². The number of nitrogens with zero attached hydrogens (tertiary/aromatic N) is 2. The van der Waals surface area contributed by atoms with E-state index in [1.54, 1.807) is 11.3 Å². The molecule has 0 bridgehead atoms. The standard InChI is InChI=1S/C16H22N4S/c1-4-12-5-7-13(8-6-12)20-16(17)18-9-14-10-21-15(19-14)11(2)3/h5-8,10-11H,4,9H2,1-3H3,(H3,17,18,20). The summed E-state index contributed by atoms with van der Waals surface area (Å²) in [6, 6.07) is 8.21. The molecule has 0 fully saturated rings. The molecule has 0 saturated carbocycles. The molecule has 0 unspecified atom stereocenters. The molecule has 0 spiro atoms. The molecule has 0 aliphatic carbocycles. The Bertz CT molecular complexity index is 599. The van der Waals surface area contributed by atoms with E-state index in [0.717, 1.165) is 22.8 Å². The van der Waals surface area contributed by atoms with Gasteiger partial charge in [0.25, 0.3) is 0 Å². The second kappa shape index (κ2) is 7.22. The van der Waals surface area contributed by atoms with Crippen molar-refractivity contribution in [3.63, 3.8) is 0 Å². The van der Waals surface area contributed by atoms with Crippen molar-refractivity contribution in [2.45, 2.75) is 39.7 Å². The Morgan fingerprint density at radius 3 is 2.62 bits per heavy atom. The molecule has 2 rings (SSSR count). The van der Waals surface area contributed by atoms with Gasteiger partial charge in [-0.05, 0) is 24.1 Å². The third kappa shape index (κ3) is 4.56. The average molecular weight is 302 g/mol. The lowest BCUT2D eigenvalue weighted by Crippen LogP contribution is -2.22. The second-order valence-electron chi connectivity index (χ2n) is 5.21. The molecule has 112 valence electrons. The number of aliphatic imine (C=N–C) groups is 1. The first-order chi connectivity index (χ1) is 10.1. The summed E-state index contributed by atoms with van der Waals surface area (Å²) in [5.74, 6) is 0.874. The van der Waals surface area contributed by atoms with Gasteiger partial charge in [0.1, 0.15) is 0 Å². The second-order valence-corrected chi connectivity index (χ2v) is 6.10. The number of rotatable bonds is 5. The summed E-state index contributed by atoms with van der Waals surface area (Å²) in [4.78, 5) is 8.87. The van der Waals surface area contributed by atoms with Gasteiger partial charge in [0.2, 0.25) is 0 Å². The van der Waals surface area contributed by atoms with E-state index in [-0.39, 0.29) is 0 Å². The van der Waals surface area contributed by atoms with Gasteiger partial charge in [0.05, 0.1) is 17.2 Å². The Hall–Kier alpha value is -1.88. The fourth-order valence-corrected chi connectivity index (χ4v) is 2.66. The van der Waals surface area contributed by atoms with Crippen molar-refractivity contribution in [2.75, 3.05) is 5.32 Å². The highest BCUT2D eigenvalue weighted by Gasteiger charge is 2.05. The number of nitrogens with one attached hydrogen (secondary N) is 1. The van der Waals surface area contributed by atoms with E-state index >= 15 is 0 Å². The number of hydrogen-bond acceptors (Lipinski definition) is 3. The van der Waals surface area contributed by atoms with Gasteiger partial charge in [-0.15, -0.1) is 11.3 Å². The SMILES string of the molecule is CCc1ccc(NC(N)=NCc2csc(C(C)C)n2)cc1. The first-order valence-corrected chi connectivity index (χ1v) is 8.06. The van der Waals surface area contributed by atoms with Crippen molar-refractivity contribution >= 4 is 23.0 Å². The Kier molecular flexibility index (Phi) is 5.33. The molecule has 1 aromatic heterocycles. The fraction of sp³-hybridized carbons (Fsp3) is 0.375. The van der Waals surface area contributed by atoms with Crippen LogP contribution in [0.1, 0.15) is 43.0 Å². The van der Waals surface area contributed by atoms with Crippen LogP contribution >= 0.6 is 11.3 Å². The highest BCUT2D eigenvalue weighted by atomic mass is 32.1. The summed E-state index contributed by atoms with van der Waals surface area (Å²) in [5, 5.41) is 6.28. The van der Waals surface area contributed by atoms with Crippen LogP contribution in [-0.2, 0) is 13.0 Å². The van der Waals surface area contributed by atoms with E-state index in [1.165, 1.54) is 5.56 Å². The number of guanidine groups is 1. The molecule has 21 heavy (non-hydrogen) atoms. The number of aromatic nitrogens is 1. The first-order valence-electron chi connectivity index (χ1n) is 7.18. The molecule has 0 radical (unpaired) electrons. The molecule has 1 aromatic carbocycles. The van der Waals surface area contributed by atoms with Crippen LogP contribution in [0, 0.1) is 0 Å². The third-order valence-corrected chi connectivity index (χ3v) is 4.30. The van der Waals surface area contributed by atoms with Crippen LogP contribution in [0.4, 0.5) is 5.69 Å². The van der Waals surface area contributed by atoms with Gasteiger partial charge in [0.15, 0.2) is 5.96 Å². The van der Waals surface area contributed by atoms with Crippen molar-refractivity contribution in [2.24, 2.45) is 10.7 Å². The molecule has 5 heteroatoms. The van der Waals surface area contributed by atoms with E-state index in [2.05, 4.69) is 48.2 Å².